The van der Waals surface area contributed by atoms with Crippen LogP contribution in [-0.2, 0) is 0 Å². The van der Waals surface area contributed by atoms with Gasteiger partial charge in [0.2, 0.25) is 5.95 Å². The SMILES string of the molecule is CNc1ncc(C(=O)Nc2nc3ccccc3[nH]2)cc1Cl. The second-order valence-corrected chi connectivity index (χ2v) is 4.77. The molecule has 106 valence electrons. The summed E-state index contributed by atoms with van der Waals surface area (Å²) >= 11 is 6.01. The predicted molar refractivity (Wildman–Crippen MR) is 82.8 cm³/mol. The Balaban J connectivity index is 1.84. The van der Waals surface area contributed by atoms with Crippen molar-refractivity contribution in [2.75, 3.05) is 17.7 Å². The molecular weight excluding hydrogens is 290 g/mol. The summed E-state index contributed by atoms with van der Waals surface area (Å²) in [5.74, 6) is 0.582. The lowest BCUT2D eigenvalue weighted by Crippen LogP contribution is -2.13. The lowest BCUT2D eigenvalue weighted by atomic mass is 10.2. The molecule has 0 saturated carbocycles. The van der Waals surface area contributed by atoms with Gasteiger partial charge >= 0.3 is 0 Å². The number of pyridine rings is 1. The molecule has 0 radical (unpaired) electrons. The summed E-state index contributed by atoms with van der Waals surface area (Å²) in [5, 5.41) is 5.91. The third-order valence-electron chi connectivity index (χ3n) is 2.96. The van der Waals surface area contributed by atoms with E-state index < -0.39 is 0 Å². The van der Waals surface area contributed by atoms with Crippen LogP contribution in [0.3, 0.4) is 0 Å². The van der Waals surface area contributed by atoms with Gasteiger partial charge in [-0.3, -0.25) is 10.1 Å². The van der Waals surface area contributed by atoms with E-state index in [1.165, 1.54) is 6.20 Å². The highest BCUT2D eigenvalue weighted by molar-refractivity contribution is 6.33. The number of halogens is 1. The van der Waals surface area contributed by atoms with Crippen LogP contribution < -0.4 is 10.6 Å². The summed E-state index contributed by atoms with van der Waals surface area (Å²) < 4.78 is 0. The Morgan fingerprint density at radius 1 is 1.33 bits per heavy atom. The summed E-state index contributed by atoms with van der Waals surface area (Å²) in [7, 11) is 1.71. The number of hydrogen-bond donors (Lipinski definition) is 3. The minimum absolute atomic E-state index is 0.328. The molecule has 0 aliphatic heterocycles. The number of nitrogens with zero attached hydrogens (tertiary/aromatic N) is 2. The molecule has 0 fully saturated rings. The molecule has 0 bridgehead atoms. The first-order valence-electron chi connectivity index (χ1n) is 6.27. The Hall–Kier alpha value is -2.60. The lowest BCUT2D eigenvalue weighted by molar-refractivity contribution is 0.102. The molecule has 3 N–H and O–H groups in total. The molecule has 0 unspecified atom stereocenters. The molecule has 1 amide bonds. The van der Waals surface area contributed by atoms with Crippen LogP contribution in [0.2, 0.25) is 5.02 Å². The number of aromatic amines is 1. The monoisotopic (exact) mass is 301 g/mol. The van der Waals surface area contributed by atoms with Gasteiger partial charge in [0.15, 0.2) is 0 Å². The molecule has 0 atom stereocenters. The minimum Gasteiger partial charge on any atom is -0.372 e. The quantitative estimate of drug-likeness (QED) is 0.694. The van der Waals surface area contributed by atoms with Crippen molar-refractivity contribution in [3.8, 4) is 0 Å². The van der Waals surface area contributed by atoms with Gasteiger partial charge in [-0.15, -0.1) is 0 Å². The zero-order chi connectivity index (χ0) is 14.8. The fourth-order valence-corrected chi connectivity index (χ4v) is 2.20. The second-order valence-electron chi connectivity index (χ2n) is 4.36. The zero-order valence-corrected chi connectivity index (χ0v) is 11.9. The number of benzene rings is 1. The number of aromatic nitrogens is 3. The number of para-hydroxylation sites is 2. The lowest BCUT2D eigenvalue weighted by Gasteiger charge is -2.05. The maximum Gasteiger partial charge on any atom is 0.259 e. The van der Waals surface area contributed by atoms with Gasteiger partial charge in [0.25, 0.3) is 5.91 Å². The number of hydrogen-bond acceptors (Lipinski definition) is 4. The topological polar surface area (TPSA) is 82.7 Å². The van der Waals surface area contributed by atoms with Gasteiger partial charge in [-0.2, -0.15) is 0 Å². The van der Waals surface area contributed by atoms with Gasteiger partial charge < -0.3 is 10.3 Å². The average molecular weight is 302 g/mol. The molecule has 0 saturated heterocycles. The first-order chi connectivity index (χ1) is 10.2. The van der Waals surface area contributed by atoms with Crippen LogP contribution >= 0.6 is 11.6 Å². The molecule has 0 aliphatic carbocycles. The average Bonchev–Trinajstić information content (AvgIpc) is 2.89. The van der Waals surface area contributed by atoms with Gasteiger partial charge in [-0.05, 0) is 18.2 Å². The molecule has 6 nitrogen and oxygen atoms in total. The molecule has 1 aromatic carbocycles. The summed E-state index contributed by atoms with van der Waals surface area (Å²) in [6.07, 6.45) is 1.45. The van der Waals surface area contributed by atoms with Gasteiger partial charge in [0.1, 0.15) is 5.82 Å². The molecule has 2 heterocycles. The number of carbonyl (C=O) groups excluding carboxylic acids is 1. The Bertz CT molecular complexity index is 781. The van der Waals surface area contributed by atoms with Crippen molar-refractivity contribution in [2.45, 2.75) is 0 Å². The summed E-state index contributed by atoms with van der Waals surface area (Å²) in [6, 6.07) is 9.08. The number of fused-ring (bicyclic) bond motifs is 1. The number of anilines is 2. The number of imidazole rings is 1. The normalized spacial score (nSPS) is 10.6. The van der Waals surface area contributed by atoms with Crippen LogP contribution in [-0.4, -0.2) is 27.9 Å². The first-order valence-corrected chi connectivity index (χ1v) is 6.64. The fourth-order valence-electron chi connectivity index (χ4n) is 1.94. The largest absolute Gasteiger partial charge is 0.372 e. The van der Waals surface area contributed by atoms with Crippen LogP contribution in [0.5, 0.6) is 0 Å². The van der Waals surface area contributed by atoms with E-state index in [0.717, 1.165) is 11.0 Å². The van der Waals surface area contributed by atoms with Crippen LogP contribution in [0.4, 0.5) is 11.8 Å². The molecule has 0 aliphatic rings. The van der Waals surface area contributed by atoms with Crippen LogP contribution in [0.15, 0.2) is 36.5 Å². The minimum atomic E-state index is -0.328. The summed E-state index contributed by atoms with van der Waals surface area (Å²) in [5.41, 5.74) is 2.00. The standard InChI is InChI=1S/C14H12ClN5O/c1-16-12-9(15)6-8(7-17-12)13(21)20-14-18-10-4-2-3-5-11(10)19-14/h2-7H,1H3,(H,16,17)(H2,18,19,20,21). The van der Waals surface area contributed by atoms with E-state index >= 15 is 0 Å². The molecule has 0 spiro atoms. The van der Waals surface area contributed by atoms with E-state index in [1.807, 2.05) is 24.3 Å². The van der Waals surface area contributed by atoms with Crippen molar-refractivity contribution in [3.63, 3.8) is 0 Å². The van der Waals surface area contributed by atoms with Crippen molar-refractivity contribution in [1.82, 2.24) is 15.0 Å². The van der Waals surface area contributed by atoms with Crippen molar-refractivity contribution >= 4 is 40.3 Å². The maximum atomic E-state index is 12.2. The van der Waals surface area contributed by atoms with E-state index in [9.17, 15) is 4.79 Å². The van der Waals surface area contributed by atoms with Gasteiger partial charge in [-0.1, -0.05) is 23.7 Å². The van der Waals surface area contributed by atoms with Crippen LogP contribution in [0.1, 0.15) is 10.4 Å². The molecule has 7 heteroatoms. The Morgan fingerprint density at radius 3 is 2.86 bits per heavy atom. The highest BCUT2D eigenvalue weighted by atomic mass is 35.5. The molecule has 21 heavy (non-hydrogen) atoms. The van der Waals surface area contributed by atoms with E-state index in [-0.39, 0.29) is 5.91 Å². The number of nitrogens with one attached hydrogen (secondary N) is 3. The van der Waals surface area contributed by atoms with Crippen molar-refractivity contribution in [2.24, 2.45) is 0 Å². The third kappa shape index (κ3) is 2.66. The van der Waals surface area contributed by atoms with E-state index in [2.05, 4.69) is 25.6 Å². The number of carbonyl (C=O) groups is 1. The summed E-state index contributed by atoms with van der Waals surface area (Å²) in [6.45, 7) is 0. The Morgan fingerprint density at radius 2 is 2.14 bits per heavy atom. The summed E-state index contributed by atoms with van der Waals surface area (Å²) in [4.78, 5) is 23.5. The number of rotatable bonds is 3. The number of amides is 1. The number of H-pyrrole nitrogens is 1. The zero-order valence-electron chi connectivity index (χ0n) is 11.1. The predicted octanol–water partition coefficient (Wildman–Crippen LogP) is 2.91. The molecule has 3 rings (SSSR count). The molecule has 3 aromatic rings. The first kappa shape index (κ1) is 13.4. The van der Waals surface area contributed by atoms with E-state index in [1.54, 1.807) is 13.1 Å². The fraction of sp³-hybridized carbons (Fsp3) is 0.0714. The second kappa shape index (κ2) is 5.41. The highest BCUT2D eigenvalue weighted by Crippen LogP contribution is 2.20. The van der Waals surface area contributed by atoms with E-state index in [0.29, 0.717) is 22.4 Å². The molecular formula is C14H12ClN5O. The van der Waals surface area contributed by atoms with Crippen LogP contribution in [0, 0.1) is 0 Å². The van der Waals surface area contributed by atoms with Gasteiger partial charge in [0, 0.05) is 13.2 Å². The smallest absolute Gasteiger partial charge is 0.259 e. The maximum absolute atomic E-state index is 12.2. The Kier molecular flexibility index (Phi) is 3.45. The van der Waals surface area contributed by atoms with E-state index in [4.69, 9.17) is 11.6 Å². The Labute approximate surface area is 125 Å². The van der Waals surface area contributed by atoms with Crippen molar-refractivity contribution in [1.29, 1.82) is 0 Å². The van der Waals surface area contributed by atoms with Crippen molar-refractivity contribution < 1.29 is 4.79 Å². The van der Waals surface area contributed by atoms with Crippen molar-refractivity contribution in [3.05, 3.63) is 47.1 Å². The van der Waals surface area contributed by atoms with Crippen LogP contribution in [0.25, 0.3) is 11.0 Å². The van der Waals surface area contributed by atoms with Gasteiger partial charge in [0.05, 0.1) is 21.6 Å². The third-order valence-corrected chi connectivity index (χ3v) is 3.25. The highest BCUT2D eigenvalue weighted by Gasteiger charge is 2.11. The van der Waals surface area contributed by atoms with Gasteiger partial charge in [-0.25, -0.2) is 9.97 Å². The molecule has 2 aromatic heterocycles.